The van der Waals surface area contributed by atoms with Crippen LogP contribution in [0.2, 0.25) is 0 Å². The second-order valence-electron chi connectivity index (χ2n) is 4.27. The third-order valence-electron chi connectivity index (χ3n) is 3.03. The Labute approximate surface area is 108 Å². The minimum absolute atomic E-state index is 0.0327. The number of rotatable bonds is 2. The zero-order chi connectivity index (χ0) is 12.5. The SMILES string of the molecule is O=C(NC1CCSC1=O)c1cnn2c1OCCC2. The van der Waals surface area contributed by atoms with Crippen LogP contribution in [0.3, 0.4) is 0 Å². The van der Waals surface area contributed by atoms with Gasteiger partial charge in [0.05, 0.1) is 18.8 Å². The number of nitrogens with one attached hydrogen (secondary N) is 1. The maximum absolute atomic E-state index is 12.1. The van der Waals surface area contributed by atoms with Crippen LogP contribution in [-0.4, -0.2) is 39.2 Å². The van der Waals surface area contributed by atoms with E-state index in [-0.39, 0.29) is 17.1 Å². The largest absolute Gasteiger partial charge is 0.477 e. The van der Waals surface area contributed by atoms with Gasteiger partial charge in [-0.1, -0.05) is 11.8 Å². The van der Waals surface area contributed by atoms with E-state index in [1.54, 1.807) is 4.68 Å². The number of aryl methyl sites for hydroxylation is 1. The summed E-state index contributed by atoms with van der Waals surface area (Å²) in [5.74, 6) is 1.00. The van der Waals surface area contributed by atoms with Crippen LogP contribution in [0.1, 0.15) is 23.2 Å². The van der Waals surface area contributed by atoms with Crippen LogP contribution in [0, 0.1) is 0 Å². The minimum Gasteiger partial charge on any atom is -0.477 e. The van der Waals surface area contributed by atoms with Gasteiger partial charge in [-0.15, -0.1) is 0 Å². The molecule has 1 atom stereocenters. The van der Waals surface area contributed by atoms with Crippen molar-refractivity contribution in [1.82, 2.24) is 15.1 Å². The first-order valence-corrected chi connectivity index (χ1v) is 6.90. The molecule has 0 aromatic carbocycles. The second-order valence-corrected chi connectivity index (χ2v) is 5.37. The zero-order valence-electron chi connectivity index (χ0n) is 9.72. The second kappa shape index (κ2) is 4.64. The van der Waals surface area contributed by atoms with Gasteiger partial charge in [0.25, 0.3) is 5.91 Å². The molecule has 3 rings (SSSR count). The summed E-state index contributed by atoms with van der Waals surface area (Å²) in [5.41, 5.74) is 0.416. The first-order chi connectivity index (χ1) is 8.75. The number of hydrogen-bond acceptors (Lipinski definition) is 5. The summed E-state index contributed by atoms with van der Waals surface area (Å²) in [6, 6.07) is -0.373. The summed E-state index contributed by atoms with van der Waals surface area (Å²) < 4.78 is 7.14. The van der Waals surface area contributed by atoms with Crippen molar-refractivity contribution in [3.8, 4) is 5.88 Å². The van der Waals surface area contributed by atoms with Gasteiger partial charge in [0, 0.05) is 18.7 Å². The Morgan fingerprint density at radius 3 is 3.28 bits per heavy atom. The number of hydrogen-bond donors (Lipinski definition) is 1. The van der Waals surface area contributed by atoms with Gasteiger partial charge in [0.15, 0.2) is 0 Å². The third kappa shape index (κ3) is 1.98. The Bertz CT molecular complexity index is 500. The first-order valence-electron chi connectivity index (χ1n) is 5.92. The van der Waals surface area contributed by atoms with Crippen molar-refractivity contribution in [2.75, 3.05) is 12.4 Å². The number of ether oxygens (including phenoxy) is 1. The number of aromatic nitrogens is 2. The summed E-state index contributed by atoms with van der Waals surface area (Å²) in [6.07, 6.45) is 3.09. The molecule has 1 fully saturated rings. The molecule has 1 aromatic heterocycles. The highest BCUT2D eigenvalue weighted by Gasteiger charge is 2.29. The lowest BCUT2D eigenvalue weighted by molar-refractivity contribution is -0.112. The molecule has 0 aliphatic carbocycles. The standard InChI is InChI=1S/C11H13N3O3S/c15-9(13-8-2-5-18-11(8)16)7-6-12-14-3-1-4-17-10(7)14/h6,8H,1-5H2,(H,13,15). The lowest BCUT2D eigenvalue weighted by Gasteiger charge is -2.16. The first kappa shape index (κ1) is 11.6. The quantitative estimate of drug-likeness (QED) is 0.841. The fourth-order valence-electron chi connectivity index (χ4n) is 2.09. The van der Waals surface area contributed by atoms with Gasteiger partial charge in [-0.2, -0.15) is 5.10 Å². The van der Waals surface area contributed by atoms with E-state index in [0.717, 1.165) is 18.7 Å². The lowest BCUT2D eigenvalue weighted by Crippen LogP contribution is -2.37. The van der Waals surface area contributed by atoms with E-state index in [1.165, 1.54) is 18.0 Å². The molecule has 1 amide bonds. The van der Waals surface area contributed by atoms with Crippen LogP contribution >= 0.6 is 11.8 Å². The third-order valence-corrected chi connectivity index (χ3v) is 4.04. The van der Waals surface area contributed by atoms with Crippen molar-refractivity contribution in [3.63, 3.8) is 0 Å². The summed E-state index contributed by atoms with van der Waals surface area (Å²) >= 11 is 1.27. The van der Waals surface area contributed by atoms with Crippen molar-refractivity contribution in [2.24, 2.45) is 0 Å². The number of amides is 1. The molecule has 18 heavy (non-hydrogen) atoms. The highest BCUT2D eigenvalue weighted by atomic mass is 32.2. The molecule has 2 aliphatic heterocycles. The molecule has 0 saturated carbocycles. The Morgan fingerprint density at radius 2 is 2.50 bits per heavy atom. The van der Waals surface area contributed by atoms with Crippen LogP contribution in [-0.2, 0) is 11.3 Å². The van der Waals surface area contributed by atoms with Crippen molar-refractivity contribution in [1.29, 1.82) is 0 Å². The minimum atomic E-state index is -0.373. The van der Waals surface area contributed by atoms with E-state index >= 15 is 0 Å². The summed E-state index contributed by atoms with van der Waals surface area (Å²) in [5, 5.41) is 6.88. The van der Waals surface area contributed by atoms with Gasteiger partial charge in [0.2, 0.25) is 11.0 Å². The van der Waals surface area contributed by atoms with E-state index in [4.69, 9.17) is 4.74 Å². The lowest BCUT2D eigenvalue weighted by atomic mass is 10.2. The maximum atomic E-state index is 12.1. The molecule has 0 spiro atoms. The molecule has 3 heterocycles. The van der Waals surface area contributed by atoms with Gasteiger partial charge in [-0.3, -0.25) is 9.59 Å². The fourth-order valence-corrected chi connectivity index (χ4v) is 3.02. The van der Waals surface area contributed by atoms with Crippen LogP contribution < -0.4 is 10.1 Å². The molecule has 1 aromatic rings. The van der Waals surface area contributed by atoms with E-state index < -0.39 is 0 Å². The Kier molecular flexibility index (Phi) is 2.99. The van der Waals surface area contributed by atoms with Crippen molar-refractivity contribution in [3.05, 3.63) is 11.8 Å². The van der Waals surface area contributed by atoms with Gasteiger partial charge >= 0.3 is 0 Å². The van der Waals surface area contributed by atoms with Gasteiger partial charge in [-0.25, -0.2) is 4.68 Å². The van der Waals surface area contributed by atoms with Gasteiger partial charge < -0.3 is 10.1 Å². The monoisotopic (exact) mass is 267 g/mol. The van der Waals surface area contributed by atoms with Crippen LogP contribution in [0.25, 0.3) is 0 Å². The van der Waals surface area contributed by atoms with Gasteiger partial charge in [0.1, 0.15) is 5.56 Å². The zero-order valence-corrected chi connectivity index (χ0v) is 10.5. The average molecular weight is 267 g/mol. The van der Waals surface area contributed by atoms with Crippen molar-refractivity contribution < 1.29 is 14.3 Å². The maximum Gasteiger partial charge on any atom is 0.259 e. The number of nitrogens with zero attached hydrogens (tertiary/aromatic N) is 2. The molecule has 1 saturated heterocycles. The molecule has 6 nitrogen and oxygen atoms in total. The molecule has 1 N–H and O–H groups in total. The highest BCUT2D eigenvalue weighted by Crippen LogP contribution is 2.24. The molecule has 0 radical (unpaired) electrons. The fraction of sp³-hybridized carbons (Fsp3) is 0.545. The predicted octanol–water partition coefficient (Wildman–Crippen LogP) is 0.427. The summed E-state index contributed by atoms with van der Waals surface area (Å²) in [7, 11) is 0. The highest BCUT2D eigenvalue weighted by molar-refractivity contribution is 8.14. The van der Waals surface area contributed by atoms with E-state index in [0.29, 0.717) is 24.5 Å². The predicted molar refractivity (Wildman–Crippen MR) is 65.7 cm³/mol. The van der Waals surface area contributed by atoms with Crippen LogP contribution in [0.4, 0.5) is 0 Å². The number of carbonyl (C=O) groups is 2. The summed E-state index contributed by atoms with van der Waals surface area (Å²) in [4.78, 5) is 23.5. The normalized spacial score (nSPS) is 22.4. The molecule has 0 bridgehead atoms. The van der Waals surface area contributed by atoms with Gasteiger partial charge in [-0.05, 0) is 6.42 Å². The van der Waals surface area contributed by atoms with E-state index in [9.17, 15) is 9.59 Å². The Balaban J connectivity index is 1.76. The molecule has 96 valence electrons. The van der Waals surface area contributed by atoms with E-state index in [2.05, 4.69) is 10.4 Å². The van der Waals surface area contributed by atoms with E-state index in [1.807, 2.05) is 0 Å². The van der Waals surface area contributed by atoms with Crippen LogP contribution in [0.5, 0.6) is 5.88 Å². The topological polar surface area (TPSA) is 73.2 Å². The number of thioether (sulfide) groups is 1. The average Bonchev–Trinajstić information content (AvgIpc) is 2.96. The smallest absolute Gasteiger partial charge is 0.259 e. The van der Waals surface area contributed by atoms with Crippen molar-refractivity contribution in [2.45, 2.75) is 25.4 Å². The number of fused-ring (bicyclic) bond motifs is 1. The summed E-state index contributed by atoms with van der Waals surface area (Å²) in [6.45, 7) is 1.37. The Hall–Kier alpha value is -1.50. The van der Waals surface area contributed by atoms with Crippen molar-refractivity contribution >= 4 is 22.8 Å². The Morgan fingerprint density at radius 1 is 1.61 bits per heavy atom. The molecular formula is C11H13N3O3S. The molecule has 2 aliphatic rings. The molecule has 7 heteroatoms. The van der Waals surface area contributed by atoms with Crippen LogP contribution in [0.15, 0.2) is 6.20 Å². The number of carbonyl (C=O) groups excluding carboxylic acids is 2. The molecule has 1 unspecified atom stereocenters. The molecular weight excluding hydrogens is 254 g/mol.